The van der Waals surface area contributed by atoms with Gasteiger partial charge in [0.25, 0.3) is 0 Å². The number of phenols is 1. The number of amides is 1. The van der Waals surface area contributed by atoms with Crippen molar-refractivity contribution < 1.29 is 9.90 Å². The van der Waals surface area contributed by atoms with Gasteiger partial charge in [0.05, 0.1) is 5.69 Å². The zero-order valence-corrected chi connectivity index (χ0v) is 12.7. The van der Waals surface area contributed by atoms with E-state index in [2.05, 4.69) is 10.4 Å². The third-order valence-electron chi connectivity index (χ3n) is 3.85. The molecule has 1 heterocycles. The highest BCUT2D eigenvalue weighted by molar-refractivity contribution is 5.76. The van der Waals surface area contributed by atoms with Crippen molar-refractivity contribution in [3.63, 3.8) is 0 Å². The number of nitrogens with one attached hydrogen (secondary N) is 1. The molecule has 0 aliphatic heterocycles. The molecule has 1 fully saturated rings. The highest BCUT2D eigenvalue weighted by atomic mass is 16.3. The van der Waals surface area contributed by atoms with Gasteiger partial charge in [0.1, 0.15) is 12.3 Å². The van der Waals surface area contributed by atoms with Crippen LogP contribution in [0, 0.1) is 0 Å². The van der Waals surface area contributed by atoms with Crippen molar-refractivity contribution in [1.82, 2.24) is 15.1 Å². The van der Waals surface area contributed by atoms with Gasteiger partial charge in [-0.25, -0.2) is 0 Å². The van der Waals surface area contributed by atoms with E-state index in [1.807, 2.05) is 25.1 Å². The number of carbonyl (C=O) groups excluding carboxylic acids is 1. The van der Waals surface area contributed by atoms with Gasteiger partial charge in [0, 0.05) is 23.7 Å². The van der Waals surface area contributed by atoms with Gasteiger partial charge in [0.2, 0.25) is 5.91 Å². The molecule has 5 nitrogen and oxygen atoms in total. The molecule has 0 atom stereocenters. The van der Waals surface area contributed by atoms with E-state index in [1.54, 1.807) is 16.8 Å². The first-order valence-electron chi connectivity index (χ1n) is 7.82. The second-order valence-corrected chi connectivity index (χ2v) is 5.75. The fourth-order valence-electron chi connectivity index (χ4n) is 2.54. The van der Waals surface area contributed by atoms with Crippen LogP contribution in [-0.2, 0) is 11.3 Å². The van der Waals surface area contributed by atoms with Crippen LogP contribution in [0.15, 0.2) is 30.3 Å². The highest BCUT2D eigenvalue weighted by Crippen LogP contribution is 2.42. The number of aromatic hydroxyl groups is 1. The Kier molecular flexibility index (Phi) is 4.13. The Bertz CT molecular complexity index is 674. The molecule has 0 bridgehead atoms. The fourth-order valence-corrected chi connectivity index (χ4v) is 2.54. The van der Waals surface area contributed by atoms with Crippen molar-refractivity contribution in [2.75, 3.05) is 6.54 Å². The van der Waals surface area contributed by atoms with Crippen molar-refractivity contribution in [2.24, 2.45) is 0 Å². The summed E-state index contributed by atoms with van der Waals surface area (Å²) >= 11 is 0. The molecule has 0 unspecified atom stereocenters. The molecular weight excluding hydrogens is 278 g/mol. The summed E-state index contributed by atoms with van der Waals surface area (Å²) < 4.78 is 1.78. The number of rotatable bonds is 6. The molecule has 1 aliphatic carbocycles. The average Bonchev–Trinajstić information content (AvgIpc) is 3.27. The topological polar surface area (TPSA) is 67.2 Å². The summed E-state index contributed by atoms with van der Waals surface area (Å²) in [7, 11) is 0. The first-order valence-corrected chi connectivity index (χ1v) is 7.82. The first-order chi connectivity index (χ1) is 10.7. The van der Waals surface area contributed by atoms with Gasteiger partial charge < -0.3 is 10.4 Å². The van der Waals surface area contributed by atoms with Gasteiger partial charge in [-0.3, -0.25) is 9.48 Å². The number of hydrogen-bond acceptors (Lipinski definition) is 3. The van der Waals surface area contributed by atoms with E-state index in [4.69, 9.17) is 0 Å². The predicted molar refractivity (Wildman–Crippen MR) is 84.6 cm³/mol. The van der Waals surface area contributed by atoms with Crippen LogP contribution >= 0.6 is 0 Å². The van der Waals surface area contributed by atoms with Gasteiger partial charge >= 0.3 is 0 Å². The molecule has 1 aromatic carbocycles. The third-order valence-corrected chi connectivity index (χ3v) is 3.85. The summed E-state index contributed by atoms with van der Waals surface area (Å²) in [4.78, 5) is 12.0. The van der Waals surface area contributed by atoms with Crippen LogP contribution in [0.2, 0.25) is 0 Å². The SMILES string of the molecule is CCCNC(=O)Cn1nc(-c2ccccc2O)cc1C1CC1. The monoisotopic (exact) mass is 299 g/mol. The molecule has 1 amide bonds. The number of aromatic nitrogens is 2. The molecule has 1 aliphatic rings. The molecule has 22 heavy (non-hydrogen) atoms. The normalized spacial score (nSPS) is 14.0. The minimum Gasteiger partial charge on any atom is -0.507 e. The number of benzene rings is 1. The van der Waals surface area contributed by atoms with Gasteiger partial charge in [0.15, 0.2) is 0 Å². The lowest BCUT2D eigenvalue weighted by molar-refractivity contribution is -0.121. The Hall–Kier alpha value is -2.30. The molecule has 2 aromatic rings. The van der Waals surface area contributed by atoms with Crippen LogP contribution < -0.4 is 5.32 Å². The smallest absolute Gasteiger partial charge is 0.241 e. The summed E-state index contributed by atoms with van der Waals surface area (Å²) in [5.41, 5.74) is 2.52. The van der Waals surface area contributed by atoms with Gasteiger partial charge in [-0.2, -0.15) is 5.10 Å². The molecule has 2 N–H and O–H groups in total. The molecule has 3 rings (SSSR count). The number of para-hydroxylation sites is 1. The standard InChI is InChI=1S/C17H21N3O2/c1-2-9-18-17(22)11-20-15(12-7-8-12)10-14(19-20)13-5-3-4-6-16(13)21/h3-6,10,12,21H,2,7-9,11H2,1H3,(H,18,22). The molecule has 5 heteroatoms. The summed E-state index contributed by atoms with van der Waals surface area (Å²) in [5.74, 6) is 0.687. The summed E-state index contributed by atoms with van der Waals surface area (Å²) in [6.07, 6.45) is 3.20. The van der Waals surface area contributed by atoms with E-state index in [0.717, 1.165) is 30.7 Å². The van der Waals surface area contributed by atoms with Crippen LogP contribution in [0.25, 0.3) is 11.3 Å². The Labute approximate surface area is 130 Å². The minimum absolute atomic E-state index is 0.0179. The molecule has 0 radical (unpaired) electrons. The Morgan fingerprint density at radius 3 is 2.86 bits per heavy atom. The predicted octanol–water partition coefficient (Wildman–Crippen LogP) is 2.66. The third kappa shape index (κ3) is 3.13. The summed E-state index contributed by atoms with van der Waals surface area (Å²) in [6.45, 7) is 2.95. The Morgan fingerprint density at radius 1 is 1.41 bits per heavy atom. The molecule has 0 spiro atoms. The largest absolute Gasteiger partial charge is 0.507 e. The second-order valence-electron chi connectivity index (χ2n) is 5.75. The quantitative estimate of drug-likeness (QED) is 0.861. The number of nitrogens with zero attached hydrogens (tertiary/aromatic N) is 2. The van der Waals surface area contributed by atoms with Gasteiger partial charge in [-0.05, 0) is 37.5 Å². The zero-order valence-electron chi connectivity index (χ0n) is 12.7. The van der Waals surface area contributed by atoms with E-state index in [0.29, 0.717) is 18.0 Å². The molecule has 116 valence electrons. The second kappa shape index (κ2) is 6.22. The molecule has 1 saturated carbocycles. The maximum atomic E-state index is 12.0. The minimum atomic E-state index is -0.0179. The lowest BCUT2D eigenvalue weighted by Gasteiger charge is -2.07. The van der Waals surface area contributed by atoms with Gasteiger partial charge in [-0.1, -0.05) is 19.1 Å². The van der Waals surface area contributed by atoms with E-state index < -0.39 is 0 Å². The average molecular weight is 299 g/mol. The van der Waals surface area contributed by atoms with Crippen LogP contribution in [0.1, 0.15) is 37.8 Å². The van der Waals surface area contributed by atoms with E-state index >= 15 is 0 Å². The Balaban J connectivity index is 1.86. The zero-order chi connectivity index (χ0) is 15.5. The van der Waals surface area contributed by atoms with Crippen LogP contribution in [0.3, 0.4) is 0 Å². The van der Waals surface area contributed by atoms with Crippen molar-refractivity contribution in [1.29, 1.82) is 0 Å². The van der Waals surface area contributed by atoms with E-state index in [9.17, 15) is 9.90 Å². The lowest BCUT2D eigenvalue weighted by atomic mass is 10.1. The van der Waals surface area contributed by atoms with Crippen LogP contribution in [-0.4, -0.2) is 27.3 Å². The maximum absolute atomic E-state index is 12.0. The molecule has 1 aromatic heterocycles. The highest BCUT2D eigenvalue weighted by Gasteiger charge is 2.29. The number of hydrogen-bond donors (Lipinski definition) is 2. The first kappa shape index (κ1) is 14.6. The lowest BCUT2D eigenvalue weighted by Crippen LogP contribution is -2.29. The summed E-state index contributed by atoms with van der Waals surface area (Å²) in [6, 6.07) is 9.16. The van der Waals surface area contributed by atoms with Crippen molar-refractivity contribution >= 4 is 5.91 Å². The number of phenolic OH excluding ortho intramolecular Hbond substituents is 1. The van der Waals surface area contributed by atoms with Crippen molar-refractivity contribution in [2.45, 2.75) is 38.6 Å². The fraction of sp³-hybridized carbons (Fsp3) is 0.412. The van der Waals surface area contributed by atoms with Crippen LogP contribution in [0.5, 0.6) is 5.75 Å². The molecular formula is C17H21N3O2. The number of carbonyl (C=O) groups is 1. The van der Waals surface area contributed by atoms with Crippen LogP contribution in [0.4, 0.5) is 0 Å². The maximum Gasteiger partial charge on any atom is 0.241 e. The summed E-state index contributed by atoms with van der Waals surface area (Å²) in [5, 5.41) is 17.4. The Morgan fingerprint density at radius 2 is 2.18 bits per heavy atom. The van der Waals surface area contributed by atoms with Gasteiger partial charge in [-0.15, -0.1) is 0 Å². The van der Waals surface area contributed by atoms with Crippen molar-refractivity contribution in [3.05, 3.63) is 36.0 Å². The van der Waals surface area contributed by atoms with E-state index in [-0.39, 0.29) is 18.2 Å². The molecule has 0 saturated heterocycles. The van der Waals surface area contributed by atoms with E-state index in [1.165, 1.54) is 0 Å². The van der Waals surface area contributed by atoms with Crippen molar-refractivity contribution in [3.8, 4) is 17.0 Å².